The number of carboxylic acid groups (broad SMARTS) is 1. The fraction of sp³-hybridized carbons (Fsp3) is 0.231. The number of nitrogens with zero attached hydrogens (tertiary/aromatic N) is 1. The Morgan fingerprint density at radius 1 is 1.33 bits per heavy atom. The normalized spacial score (nSPS) is 10.9. The smallest absolute Gasteiger partial charge is 0.358 e. The van der Waals surface area contributed by atoms with Gasteiger partial charge in [0, 0.05) is 16.1 Å². The van der Waals surface area contributed by atoms with Crippen LogP contribution >= 0.6 is 15.9 Å². The lowest BCUT2D eigenvalue weighted by Gasteiger charge is -2.07. The van der Waals surface area contributed by atoms with E-state index < -0.39 is 5.97 Å². The van der Waals surface area contributed by atoms with E-state index in [1.807, 2.05) is 18.2 Å². The SMILES string of the molecule is CC(C)c1cc(Br)cc(-c2cc(C(=O)O)no2)c1. The summed E-state index contributed by atoms with van der Waals surface area (Å²) >= 11 is 3.44. The summed E-state index contributed by atoms with van der Waals surface area (Å²) < 4.78 is 5.98. The Morgan fingerprint density at radius 2 is 2.06 bits per heavy atom. The van der Waals surface area contributed by atoms with E-state index in [1.54, 1.807) is 0 Å². The molecule has 2 rings (SSSR count). The van der Waals surface area contributed by atoms with Crippen molar-refractivity contribution in [2.75, 3.05) is 0 Å². The van der Waals surface area contributed by atoms with Gasteiger partial charge in [0.15, 0.2) is 11.5 Å². The maximum atomic E-state index is 10.8. The monoisotopic (exact) mass is 309 g/mol. The summed E-state index contributed by atoms with van der Waals surface area (Å²) in [6.45, 7) is 4.18. The van der Waals surface area contributed by atoms with E-state index in [-0.39, 0.29) is 5.69 Å². The third kappa shape index (κ3) is 2.61. The quantitative estimate of drug-likeness (QED) is 0.933. The molecule has 18 heavy (non-hydrogen) atoms. The molecule has 5 heteroatoms. The van der Waals surface area contributed by atoms with Crippen LogP contribution in [0.15, 0.2) is 33.3 Å². The van der Waals surface area contributed by atoms with Gasteiger partial charge in [0.1, 0.15) is 0 Å². The van der Waals surface area contributed by atoms with E-state index >= 15 is 0 Å². The first kappa shape index (κ1) is 12.8. The molecule has 0 radical (unpaired) electrons. The molecule has 1 aromatic heterocycles. The molecule has 0 aliphatic rings. The van der Waals surface area contributed by atoms with Crippen LogP contribution < -0.4 is 0 Å². The average Bonchev–Trinajstić information content (AvgIpc) is 2.77. The molecule has 1 N–H and O–H groups in total. The molecule has 1 heterocycles. The standard InChI is InChI=1S/C13H12BrNO3/c1-7(2)8-3-9(5-10(14)4-8)12-6-11(13(16)17)15-18-12/h3-7H,1-2H3,(H,16,17). The zero-order valence-electron chi connectivity index (χ0n) is 9.98. The highest BCUT2D eigenvalue weighted by Gasteiger charge is 2.13. The minimum absolute atomic E-state index is 0.0870. The summed E-state index contributed by atoms with van der Waals surface area (Å²) in [5, 5.41) is 12.3. The molecule has 0 bridgehead atoms. The van der Waals surface area contributed by atoms with Crippen molar-refractivity contribution in [1.82, 2.24) is 5.16 Å². The van der Waals surface area contributed by atoms with Crippen molar-refractivity contribution in [1.29, 1.82) is 0 Å². The van der Waals surface area contributed by atoms with E-state index in [0.717, 1.165) is 15.6 Å². The summed E-state index contributed by atoms with van der Waals surface area (Å²) in [4.78, 5) is 10.8. The van der Waals surface area contributed by atoms with Crippen LogP contribution in [0.3, 0.4) is 0 Å². The molecule has 0 unspecified atom stereocenters. The number of aromatic carboxylic acids is 1. The molecule has 0 saturated heterocycles. The highest BCUT2D eigenvalue weighted by molar-refractivity contribution is 9.10. The lowest BCUT2D eigenvalue weighted by molar-refractivity contribution is 0.0686. The summed E-state index contributed by atoms with van der Waals surface area (Å²) in [7, 11) is 0. The molecular weight excluding hydrogens is 298 g/mol. The maximum Gasteiger partial charge on any atom is 0.358 e. The topological polar surface area (TPSA) is 63.3 Å². The first-order valence-corrected chi connectivity index (χ1v) is 6.27. The first-order valence-electron chi connectivity index (χ1n) is 5.48. The number of hydrogen-bond donors (Lipinski definition) is 1. The second-order valence-corrected chi connectivity index (χ2v) is 5.23. The van der Waals surface area contributed by atoms with Crippen LogP contribution in [-0.4, -0.2) is 16.2 Å². The van der Waals surface area contributed by atoms with Crippen LogP contribution in [0.5, 0.6) is 0 Å². The Hall–Kier alpha value is -1.62. The lowest BCUT2D eigenvalue weighted by Crippen LogP contribution is -1.94. The molecule has 0 amide bonds. The van der Waals surface area contributed by atoms with E-state index in [1.165, 1.54) is 6.07 Å². The molecule has 0 atom stereocenters. The Labute approximate surface area is 113 Å². The average molecular weight is 310 g/mol. The predicted octanol–water partition coefficient (Wildman–Crippen LogP) is 3.93. The van der Waals surface area contributed by atoms with Gasteiger partial charge in [-0.3, -0.25) is 0 Å². The molecule has 1 aromatic carbocycles. The minimum atomic E-state index is -1.09. The highest BCUT2D eigenvalue weighted by atomic mass is 79.9. The van der Waals surface area contributed by atoms with Crippen LogP contribution in [0, 0.1) is 0 Å². The van der Waals surface area contributed by atoms with Gasteiger partial charge < -0.3 is 9.63 Å². The third-order valence-electron chi connectivity index (χ3n) is 2.60. The van der Waals surface area contributed by atoms with Crippen molar-refractivity contribution in [3.8, 4) is 11.3 Å². The summed E-state index contributed by atoms with van der Waals surface area (Å²) in [5.74, 6) is -0.261. The fourth-order valence-electron chi connectivity index (χ4n) is 1.60. The molecule has 0 fully saturated rings. The maximum absolute atomic E-state index is 10.8. The fourth-order valence-corrected chi connectivity index (χ4v) is 2.11. The highest BCUT2D eigenvalue weighted by Crippen LogP contribution is 2.28. The Morgan fingerprint density at radius 3 is 2.61 bits per heavy atom. The van der Waals surface area contributed by atoms with Gasteiger partial charge in [-0.15, -0.1) is 0 Å². The number of rotatable bonds is 3. The molecule has 94 valence electrons. The van der Waals surface area contributed by atoms with Crippen LogP contribution in [0.4, 0.5) is 0 Å². The molecule has 0 aliphatic carbocycles. The first-order chi connectivity index (χ1) is 8.47. The van der Waals surface area contributed by atoms with E-state index in [9.17, 15) is 4.79 Å². The van der Waals surface area contributed by atoms with E-state index in [4.69, 9.17) is 9.63 Å². The largest absolute Gasteiger partial charge is 0.476 e. The number of carbonyl (C=O) groups is 1. The van der Waals surface area contributed by atoms with E-state index in [2.05, 4.69) is 34.9 Å². The third-order valence-corrected chi connectivity index (χ3v) is 3.06. The Balaban J connectivity index is 2.46. The number of carboxylic acids is 1. The number of aromatic nitrogens is 1. The van der Waals surface area contributed by atoms with Crippen molar-refractivity contribution in [2.24, 2.45) is 0 Å². The summed E-state index contributed by atoms with van der Waals surface area (Å²) in [5.41, 5.74) is 1.87. The van der Waals surface area contributed by atoms with Crippen molar-refractivity contribution >= 4 is 21.9 Å². The van der Waals surface area contributed by atoms with Gasteiger partial charge in [0.05, 0.1) is 0 Å². The van der Waals surface area contributed by atoms with E-state index in [0.29, 0.717) is 11.7 Å². The van der Waals surface area contributed by atoms with Gasteiger partial charge in [-0.25, -0.2) is 4.79 Å². The minimum Gasteiger partial charge on any atom is -0.476 e. The van der Waals surface area contributed by atoms with Crippen LogP contribution in [0.1, 0.15) is 35.8 Å². The molecule has 4 nitrogen and oxygen atoms in total. The summed E-state index contributed by atoms with van der Waals surface area (Å²) in [6, 6.07) is 7.30. The summed E-state index contributed by atoms with van der Waals surface area (Å²) in [6.07, 6.45) is 0. The molecule has 0 aliphatic heterocycles. The second kappa shape index (κ2) is 4.94. The molecule has 0 saturated carbocycles. The lowest BCUT2D eigenvalue weighted by atomic mass is 10.00. The van der Waals surface area contributed by atoms with Crippen molar-refractivity contribution in [3.05, 3.63) is 40.0 Å². The number of halogens is 1. The number of benzene rings is 1. The van der Waals surface area contributed by atoms with Gasteiger partial charge >= 0.3 is 5.97 Å². The predicted molar refractivity (Wildman–Crippen MR) is 70.7 cm³/mol. The van der Waals surface area contributed by atoms with Gasteiger partial charge in [-0.1, -0.05) is 34.9 Å². The van der Waals surface area contributed by atoms with Gasteiger partial charge in [-0.2, -0.15) is 0 Å². The van der Waals surface area contributed by atoms with Crippen molar-refractivity contribution in [2.45, 2.75) is 19.8 Å². The number of hydrogen-bond acceptors (Lipinski definition) is 3. The molecular formula is C13H12BrNO3. The van der Waals surface area contributed by atoms with Crippen molar-refractivity contribution in [3.63, 3.8) is 0 Å². The van der Waals surface area contributed by atoms with Crippen LogP contribution in [-0.2, 0) is 0 Å². The van der Waals surface area contributed by atoms with Crippen LogP contribution in [0.25, 0.3) is 11.3 Å². The molecule has 2 aromatic rings. The van der Waals surface area contributed by atoms with Gasteiger partial charge in [0.2, 0.25) is 0 Å². The molecule has 0 spiro atoms. The second-order valence-electron chi connectivity index (χ2n) is 4.31. The van der Waals surface area contributed by atoms with Crippen molar-refractivity contribution < 1.29 is 14.4 Å². The Bertz CT molecular complexity index is 590. The van der Waals surface area contributed by atoms with Crippen LogP contribution in [0.2, 0.25) is 0 Å². The zero-order valence-corrected chi connectivity index (χ0v) is 11.6. The zero-order chi connectivity index (χ0) is 13.3. The Kier molecular flexibility index (Phi) is 3.52. The van der Waals surface area contributed by atoms with Gasteiger partial charge in [0.25, 0.3) is 0 Å². The van der Waals surface area contributed by atoms with Gasteiger partial charge in [-0.05, 0) is 29.7 Å².